The van der Waals surface area contributed by atoms with Crippen LogP contribution in [-0.2, 0) is 10.0 Å². The first-order chi connectivity index (χ1) is 15.9. The number of amides is 1. The Morgan fingerprint density at radius 1 is 1.00 bits per heavy atom. The van der Waals surface area contributed by atoms with E-state index in [4.69, 9.17) is 9.15 Å². The predicted molar refractivity (Wildman–Crippen MR) is 127 cm³/mol. The molecule has 0 spiro atoms. The third kappa shape index (κ3) is 5.01. The van der Waals surface area contributed by atoms with Crippen LogP contribution in [0.2, 0.25) is 0 Å². The highest BCUT2D eigenvalue weighted by Gasteiger charge is 2.18. The molecular weight excluding hydrogens is 440 g/mol. The van der Waals surface area contributed by atoms with Crippen molar-refractivity contribution in [1.82, 2.24) is 5.32 Å². The Balaban J connectivity index is 1.44. The van der Waals surface area contributed by atoms with E-state index in [9.17, 15) is 13.2 Å². The average Bonchev–Trinajstić information content (AvgIpc) is 3.26. The van der Waals surface area contributed by atoms with Gasteiger partial charge in [0.2, 0.25) is 0 Å². The van der Waals surface area contributed by atoms with Gasteiger partial charge in [-0.1, -0.05) is 30.3 Å². The number of benzene rings is 3. The van der Waals surface area contributed by atoms with E-state index in [0.717, 1.165) is 5.39 Å². The minimum Gasteiger partial charge on any atom is -0.490 e. The van der Waals surface area contributed by atoms with Gasteiger partial charge in [-0.25, -0.2) is 8.42 Å². The van der Waals surface area contributed by atoms with Crippen LogP contribution < -0.4 is 14.8 Å². The fourth-order valence-electron chi connectivity index (χ4n) is 3.39. The van der Waals surface area contributed by atoms with Crippen LogP contribution in [0.3, 0.4) is 0 Å². The maximum atomic E-state index is 12.7. The number of carbonyl (C=O) groups excluding carboxylic acids is 1. The second-order valence-corrected chi connectivity index (χ2v) is 9.13. The number of carbonyl (C=O) groups is 1. The zero-order valence-electron chi connectivity index (χ0n) is 18.2. The lowest BCUT2D eigenvalue weighted by Crippen LogP contribution is -2.26. The van der Waals surface area contributed by atoms with E-state index in [2.05, 4.69) is 10.0 Å². The fourth-order valence-corrected chi connectivity index (χ4v) is 4.47. The number of anilines is 1. The largest absolute Gasteiger partial charge is 0.490 e. The van der Waals surface area contributed by atoms with E-state index in [1.54, 1.807) is 42.5 Å². The van der Waals surface area contributed by atoms with E-state index >= 15 is 0 Å². The van der Waals surface area contributed by atoms with Gasteiger partial charge in [-0.2, -0.15) is 0 Å². The minimum atomic E-state index is -3.70. The third-order valence-corrected chi connectivity index (χ3v) is 6.45. The molecule has 1 aromatic heterocycles. The second kappa shape index (κ2) is 9.38. The standard InChI is InChI=1S/C25H24N2O5S/c1-3-31-22-11-7-8-19-16-23(32-24(19)22)17(2)26-25(28)18-12-14-20(15-13-18)27-33(29,30)21-9-5-4-6-10-21/h4-17,27H,3H2,1-2H3,(H,26,28). The molecule has 8 heteroatoms. The summed E-state index contributed by atoms with van der Waals surface area (Å²) in [5, 5.41) is 3.80. The Kier molecular flexibility index (Phi) is 6.37. The van der Waals surface area contributed by atoms with Gasteiger partial charge >= 0.3 is 0 Å². The molecule has 4 aromatic rings. The van der Waals surface area contributed by atoms with Crippen molar-refractivity contribution in [2.75, 3.05) is 11.3 Å². The lowest BCUT2D eigenvalue weighted by molar-refractivity contribution is 0.0935. The van der Waals surface area contributed by atoms with E-state index < -0.39 is 10.0 Å². The molecule has 1 amide bonds. The molecule has 1 heterocycles. The van der Waals surface area contributed by atoms with Crippen molar-refractivity contribution >= 4 is 32.6 Å². The molecular formula is C25H24N2O5S. The predicted octanol–water partition coefficient (Wildman–Crippen LogP) is 5.12. The molecule has 0 aliphatic heterocycles. The van der Waals surface area contributed by atoms with Crippen LogP contribution in [0.5, 0.6) is 5.75 Å². The summed E-state index contributed by atoms with van der Waals surface area (Å²) in [6.07, 6.45) is 0. The molecule has 0 saturated heterocycles. The molecule has 3 aromatic carbocycles. The Hall–Kier alpha value is -3.78. The van der Waals surface area contributed by atoms with E-state index in [1.807, 2.05) is 38.1 Å². The van der Waals surface area contributed by atoms with Gasteiger partial charge in [0.15, 0.2) is 11.3 Å². The number of fused-ring (bicyclic) bond motifs is 1. The van der Waals surface area contributed by atoms with Crippen molar-refractivity contribution in [2.45, 2.75) is 24.8 Å². The van der Waals surface area contributed by atoms with Crippen LogP contribution in [-0.4, -0.2) is 20.9 Å². The molecule has 1 unspecified atom stereocenters. The van der Waals surface area contributed by atoms with Crippen molar-refractivity contribution in [2.24, 2.45) is 0 Å². The molecule has 4 rings (SSSR count). The number of sulfonamides is 1. The topological polar surface area (TPSA) is 97.6 Å². The number of rotatable bonds is 8. The van der Waals surface area contributed by atoms with Crippen LogP contribution >= 0.6 is 0 Å². The molecule has 0 saturated carbocycles. The summed E-state index contributed by atoms with van der Waals surface area (Å²) in [4.78, 5) is 12.9. The highest BCUT2D eigenvalue weighted by atomic mass is 32.2. The fraction of sp³-hybridized carbons (Fsp3) is 0.160. The molecule has 0 aliphatic carbocycles. The first-order valence-corrected chi connectivity index (χ1v) is 12.0. The number of hydrogen-bond donors (Lipinski definition) is 2. The maximum absolute atomic E-state index is 12.7. The summed E-state index contributed by atoms with van der Waals surface area (Å²) in [5.74, 6) is 0.969. The van der Waals surface area contributed by atoms with Crippen molar-refractivity contribution in [3.8, 4) is 5.75 Å². The summed E-state index contributed by atoms with van der Waals surface area (Å²) >= 11 is 0. The van der Waals surface area contributed by atoms with Gasteiger partial charge in [0.1, 0.15) is 5.76 Å². The first kappa shape index (κ1) is 22.4. The molecule has 33 heavy (non-hydrogen) atoms. The summed E-state index contributed by atoms with van der Waals surface area (Å²) < 4.78 is 39.0. The van der Waals surface area contributed by atoms with Gasteiger partial charge in [0.05, 0.1) is 17.5 Å². The Morgan fingerprint density at radius 3 is 2.42 bits per heavy atom. The minimum absolute atomic E-state index is 0.166. The normalized spacial score (nSPS) is 12.3. The monoisotopic (exact) mass is 464 g/mol. The third-order valence-electron chi connectivity index (χ3n) is 5.05. The summed E-state index contributed by atoms with van der Waals surface area (Å²) in [5.41, 5.74) is 1.41. The summed E-state index contributed by atoms with van der Waals surface area (Å²) in [7, 11) is -3.70. The van der Waals surface area contributed by atoms with Gasteiger partial charge in [-0.3, -0.25) is 9.52 Å². The quantitative estimate of drug-likeness (QED) is 0.377. The van der Waals surface area contributed by atoms with Crippen LogP contribution in [0.25, 0.3) is 11.0 Å². The second-order valence-electron chi connectivity index (χ2n) is 7.45. The molecule has 0 aliphatic rings. The molecule has 1 atom stereocenters. The average molecular weight is 465 g/mol. The molecule has 0 fully saturated rings. The van der Waals surface area contributed by atoms with E-state index in [1.165, 1.54) is 12.1 Å². The van der Waals surface area contributed by atoms with Gasteiger partial charge < -0.3 is 14.5 Å². The summed E-state index contributed by atoms with van der Waals surface area (Å²) in [6.45, 7) is 4.26. The Bertz CT molecular complexity index is 1360. The zero-order chi connectivity index (χ0) is 23.4. The van der Waals surface area contributed by atoms with Gasteiger partial charge in [0.25, 0.3) is 15.9 Å². The van der Waals surface area contributed by atoms with Crippen molar-refractivity contribution < 1.29 is 22.4 Å². The molecule has 7 nitrogen and oxygen atoms in total. The molecule has 0 bridgehead atoms. The van der Waals surface area contributed by atoms with Crippen molar-refractivity contribution in [3.05, 3.63) is 90.2 Å². The summed E-state index contributed by atoms with van der Waals surface area (Å²) in [6, 6.07) is 21.5. The SMILES string of the molecule is CCOc1cccc2cc(C(C)NC(=O)c3ccc(NS(=O)(=O)c4ccccc4)cc3)oc12. The van der Waals surface area contributed by atoms with Crippen molar-refractivity contribution in [3.63, 3.8) is 0 Å². The first-order valence-electron chi connectivity index (χ1n) is 10.5. The highest BCUT2D eigenvalue weighted by Crippen LogP contribution is 2.31. The Morgan fingerprint density at radius 2 is 1.73 bits per heavy atom. The lowest BCUT2D eigenvalue weighted by atomic mass is 10.1. The number of ether oxygens (including phenoxy) is 1. The number of nitrogens with one attached hydrogen (secondary N) is 2. The van der Waals surface area contributed by atoms with Crippen LogP contribution in [0.4, 0.5) is 5.69 Å². The Labute approximate surface area is 192 Å². The smallest absolute Gasteiger partial charge is 0.261 e. The van der Waals surface area contributed by atoms with Crippen molar-refractivity contribution in [1.29, 1.82) is 0 Å². The van der Waals surface area contributed by atoms with Crippen LogP contribution in [0, 0.1) is 0 Å². The van der Waals surface area contributed by atoms with Crippen LogP contribution in [0.15, 0.2) is 88.2 Å². The van der Waals surface area contributed by atoms with E-state index in [-0.39, 0.29) is 16.8 Å². The number of hydrogen-bond acceptors (Lipinski definition) is 5. The maximum Gasteiger partial charge on any atom is 0.261 e. The molecule has 170 valence electrons. The van der Waals surface area contributed by atoms with Crippen LogP contribution in [0.1, 0.15) is 36.0 Å². The molecule has 2 N–H and O–H groups in total. The number of furan rings is 1. The zero-order valence-corrected chi connectivity index (χ0v) is 19.1. The van der Waals surface area contributed by atoms with Gasteiger partial charge in [-0.15, -0.1) is 0 Å². The number of para-hydroxylation sites is 1. The van der Waals surface area contributed by atoms with Gasteiger partial charge in [0, 0.05) is 16.6 Å². The molecule has 0 radical (unpaired) electrons. The van der Waals surface area contributed by atoms with E-state index in [0.29, 0.717) is 35.0 Å². The van der Waals surface area contributed by atoms with Gasteiger partial charge in [-0.05, 0) is 62.4 Å². The highest BCUT2D eigenvalue weighted by molar-refractivity contribution is 7.92. The lowest BCUT2D eigenvalue weighted by Gasteiger charge is -2.12.